The molecule has 1 aliphatic carbocycles. The predicted octanol–water partition coefficient (Wildman–Crippen LogP) is 4.29. The molecule has 4 rings (SSSR count). The van der Waals surface area contributed by atoms with Gasteiger partial charge in [-0.2, -0.15) is 4.37 Å². The highest BCUT2D eigenvalue weighted by Gasteiger charge is 2.37. The van der Waals surface area contributed by atoms with Crippen LogP contribution in [0.5, 0.6) is 5.75 Å². The summed E-state index contributed by atoms with van der Waals surface area (Å²) in [5.41, 5.74) is 14.3. The molecular weight excluding hydrogens is 502 g/mol. The second kappa shape index (κ2) is 11.6. The summed E-state index contributed by atoms with van der Waals surface area (Å²) in [5, 5.41) is 3.16. The fourth-order valence-electron chi connectivity index (χ4n) is 4.89. The highest BCUT2D eigenvalue weighted by Crippen LogP contribution is 2.35. The van der Waals surface area contributed by atoms with Crippen molar-refractivity contribution in [2.45, 2.75) is 58.5 Å². The number of benzene rings is 2. The number of nitrogens with two attached hydrogens (primary N) is 2. The number of carbonyl (C=O) groups excluding carboxylic acids is 3. The number of ether oxygens (including phenoxy) is 1. The number of nitrogens with zero attached hydrogens (tertiary/aromatic N) is 2. The standard InChI is InChI=1S/C28H33N5O4S/c1-4-37-21-11-9-18(10-12-21)24(27(35)31-19-7-5-6-8-19)33(20-14-16(2)13-17(3)15-20)28(36)25-22(29)23(26(30)34)32-38-25/h9-15,19,24H,4-8,29H2,1-3H3,(H2,30,34)(H,31,35)/t24-/m0/s1. The van der Waals surface area contributed by atoms with Crippen molar-refractivity contribution in [1.29, 1.82) is 0 Å². The fourth-order valence-corrected chi connectivity index (χ4v) is 5.64. The molecule has 0 unspecified atom stereocenters. The Kier molecular flexibility index (Phi) is 8.31. The molecule has 2 aromatic carbocycles. The first-order valence-corrected chi connectivity index (χ1v) is 13.5. The Morgan fingerprint density at radius 1 is 1.11 bits per heavy atom. The summed E-state index contributed by atoms with van der Waals surface area (Å²) in [7, 11) is 0. The average molecular weight is 536 g/mol. The fraction of sp³-hybridized carbons (Fsp3) is 0.357. The summed E-state index contributed by atoms with van der Waals surface area (Å²) < 4.78 is 9.61. The quantitative estimate of drug-likeness (QED) is 0.373. The van der Waals surface area contributed by atoms with Crippen molar-refractivity contribution < 1.29 is 19.1 Å². The van der Waals surface area contributed by atoms with E-state index in [0.717, 1.165) is 48.3 Å². The Morgan fingerprint density at radius 3 is 2.29 bits per heavy atom. The molecule has 1 saturated carbocycles. The van der Waals surface area contributed by atoms with Crippen molar-refractivity contribution in [2.24, 2.45) is 5.73 Å². The number of hydrogen-bond acceptors (Lipinski definition) is 7. The first-order valence-electron chi connectivity index (χ1n) is 12.7. The van der Waals surface area contributed by atoms with Crippen molar-refractivity contribution in [2.75, 3.05) is 17.2 Å². The summed E-state index contributed by atoms with van der Waals surface area (Å²) in [6.07, 6.45) is 3.88. The van der Waals surface area contributed by atoms with Crippen LogP contribution in [-0.2, 0) is 4.79 Å². The van der Waals surface area contributed by atoms with Gasteiger partial charge >= 0.3 is 0 Å². The first kappa shape index (κ1) is 27.1. The van der Waals surface area contributed by atoms with Crippen LogP contribution in [0.2, 0.25) is 0 Å². The van der Waals surface area contributed by atoms with Gasteiger partial charge in [0.05, 0.1) is 12.3 Å². The van der Waals surface area contributed by atoms with Gasteiger partial charge in [0.2, 0.25) is 5.91 Å². The average Bonchev–Trinajstić information content (AvgIpc) is 3.51. The van der Waals surface area contributed by atoms with E-state index in [1.807, 2.05) is 39.0 Å². The molecular formula is C28H33N5O4S. The first-order chi connectivity index (χ1) is 18.2. The van der Waals surface area contributed by atoms with Gasteiger partial charge in [0, 0.05) is 11.7 Å². The minimum Gasteiger partial charge on any atom is -0.494 e. The molecule has 1 aromatic heterocycles. The van der Waals surface area contributed by atoms with Gasteiger partial charge in [0.1, 0.15) is 16.7 Å². The predicted molar refractivity (Wildman–Crippen MR) is 149 cm³/mol. The third-order valence-electron chi connectivity index (χ3n) is 6.57. The largest absolute Gasteiger partial charge is 0.494 e. The van der Waals surface area contributed by atoms with E-state index < -0.39 is 17.9 Å². The number of primary amides is 1. The van der Waals surface area contributed by atoms with Gasteiger partial charge in [-0.3, -0.25) is 19.3 Å². The van der Waals surface area contributed by atoms with Gasteiger partial charge in [-0.15, -0.1) is 0 Å². The summed E-state index contributed by atoms with van der Waals surface area (Å²) in [6.45, 7) is 6.25. The van der Waals surface area contributed by atoms with E-state index in [-0.39, 0.29) is 28.2 Å². The van der Waals surface area contributed by atoms with Crippen molar-refractivity contribution in [3.63, 3.8) is 0 Å². The summed E-state index contributed by atoms with van der Waals surface area (Å²) in [4.78, 5) is 41.5. The van der Waals surface area contributed by atoms with Crippen molar-refractivity contribution >= 4 is 40.6 Å². The molecule has 9 nitrogen and oxygen atoms in total. The maximum atomic E-state index is 14.2. The Balaban J connectivity index is 1.87. The topological polar surface area (TPSA) is 141 Å². The van der Waals surface area contributed by atoms with E-state index in [4.69, 9.17) is 16.2 Å². The molecule has 10 heteroatoms. The second-order valence-corrected chi connectivity index (χ2v) is 10.3. The van der Waals surface area contributed by atoms with E-state index >= 15 is 0 Å². The smallest absolute Gasteiger partial charge is 0.273 e. The molecule has 0 aliphatic heterocycles. The van der Waals surface area contributed by atoms with Crippen molar-refractivity contribution in [3.8, 4) is 5.75 Å². The van der Waals surface area contributed by atoms with E-state index in [2.05, 4.69) is 9.69 Å². The highest BCUT2D eigenvalue weighted by atomic mass is 32.1. The van der Waals surface area contributed by atoms with Crippen LogP contribution in [0.4, 0.5) is 11.4 Å². The second-order valence-electron chi connectivity index (χ2n) is 9.55. The molecule has 0 bridgehead atoms. The van der Waals surface area contributed by atoms with Crippen LogP contribution in [0.1, 0.15) is 75.5 Å². The molecule has 0 saturated heterocycles. The van der Waals surface area contributed by atoms with Crippen LogP contribution in [0.15, 0.2) is 42.5 Å². The van der Waals surface area contributed by atoms with Crippen LogP contribution >= 0.6 is 11.5 Å². The number of rotatable bonds is 9. The maximum Gasteiger partial charge on any atom is 0.273 e. The minimum absolute atomic E-state index is 0.0406. The maximum absolute atomic E-state index is 14.2. The third-order valence-corrected chi connectivity index (χ3v) is 7.42. The van der Waals surface area contributed by atoms with E-state index in [0.29, 0.717) is 23.6 Å². The molecule has 5 N–H and O–H groups in total. The van der Waals surface area contributed by atoms with Crippen molar-refractivity contribution in [3.05, 3.63) is 69.7 Å². The molecule has 1 heterocycles. The highest BCUT2D eigenvalue weighted by molar-refractivity contribution is 7.09. The van der Waals surface area contributed by atoms with Gasteiger partial charge < -0.3 is 21.5 Å². The molecule has 1 aliphatic rings. The zero-order valence-electron chi connectivity index (χ0n) is 21.8. The SMILES string of the molecule is CCOc1ccc([C@@H](C(=O)NC2CCCC2)N(C(=O)c2snc(C(N)=O)c2N)c2cc(C)cc(C)c2)cc1. The normalized spacial score (nSPS) is 14.2. The van der Waals surface area contributed by atoms with Crippen LogP contribution < -0.4 is 26.4 Å². The van der Waals surface area contributed by atoms with Gasteiger partial charge in [-0.25, -0.2) is 0 Å². The third kappa shape index (κ3) is 5.80. The Morgan fingerprint density at radius 2 is 1.74 bits per heavy atom. The van der Waals surface area contributed by atoms with Gasteiger partial charge in [0.25, 0.3) is 11.8 Å². The molecule has 3 amide bonds. The molecule has 0 spiro atoms. The number of nitrogen functional groups attached to an aromatic ring is 1. The summed E-state index contributed by atoms with van der Waals surface area (Å²) in [5.74, 6) is -1.00. The zero-order chi connectivity index (χ0) is 27.4. The Hall–Kier alpha value is -3.92. The molecule has 38 heavy (non-hydrogen) atoms. The van der Waals surface area contributed by atoms with Crippen LogP contribution in [0.3, 0.4) is 0 Å². The van der Waals surface area contributed by atoms with Crippen LogP contribution in [0, 0.1) is 13.8 Å². The van der Waals surface area contributed by atoms with Crippen molar-refractivity contribution in [1.82, 2.24) is 9.69 Å². The number of anilines is 2. The summed E-state index contributed by atoms with van der Waals surface area (Å²) >= 11 is 0.792. The zero-order valence-corrected chi connectivity index (χ0v) is 22.6. The lowest BCUT2D eigenvalue weighted by Gasteiger charge is -2.32. The number of aryl methyl sites for hydroxylation is 2. The lowest BCUT2D eigenvalue weighted by Crippen LogP contribution is -2.46. The number of amides is 3. The van der Waals surface area contributed by atoms with Crippen LogP contribution in [0.25, 0.3) is 0 Å². The van der Waals surface area contributed by atoms with E-state index in [9.17, 15) is 14.4 Å². The van der Waals surface area contributed by atoms with Gasteiger partial charge in [-0.05, 0) is 86.1 Å². The molecule has 0 radical (unpaired) electrons. The number of hydrogen-bond donors (Lipinski definition) is 3. The number of carbonyl (C=O) groups is 3. The van der Waals surface area contributed by atoms with Gasteiger partial charge in [0.15, 0.2) is 5.69 Å². The molecule has 1 fully saturated rings. The Labute approximate surface area is 226 Å². The van der Waals surface area contributed by atoms with Crippen LogP contribution in [-0.4, -0.2) is 34.7 Å². The Bertz CT molecular complexity index is 1310. The monoisotopic (exact) mass is 535 g/mol. The summed E-state index contributed by atoms with van der Waals surface area (Å²) in [6, 6.07) is 11.9. The van der Waals surface area contributed by atoms with E-state index in [1.165, 1.54) is 4.90 Å². The lowest BCUT2D eigenvalue weighted by molar-refractivity contribution is -0.123. The lowest BCUT2D eigenvalue weighted by atomic mass is 10.0. The number of nitrogens with one attached hydrogen (secondary N) is 1. The molecule has 3 aromatic rings. The van der Waals surface area contributed by atoms with Gasteiger partial charge in [-0.1, -0.05) is 31.0 Å². The molecule has 200 valence electrons. The van der Waals surface area contributed by atoms with E-state index in [1.54, 1.807) is 24.3 Å². The number of aromatic nitrogens is 1. The minimum atomic E-state index is -1.02. The molecule has 1 atom stereocenters.